The van der Waals surface area contributed by atoms with Crippen molar-refractivity contribution in [2.45, 2.75) is 43.7 Å². The summed E-state index contributed by atoms with van der Waals surface area (Å²) in [6, 6.07) is 0. The molecular formula is C14H21NO3. The summed E-state index contributed by atoms with van der Waals surface area (Å²) in [5, 5.41) is 0. The number of rotatable bonds is 2. The van der Waals surface area contributed by atoms with Gasteiger partial charge in [0.1, 0.15) is 5.54 Å². The first-order valence-corrected chi connectivity index (χ1v) is 6.38. The van der Waals surface area contributed by atoms with E-state index in [-0.39, 0.29) is 12.1 Å². The predicted octanol–water partition coefficient (Wildman–Crippen LogP) is 1.70. The van der Waals surface area contributed by atoms with Crippen LogP contribution in [0.25, 0.3) is 0 Å². The largest absolute Gasteiger partial charge is 0.468 e. The van der Waals surface area contributed by atoms with E-state index in [0.29, 0.717) is 12.8 Å². The zero-order chi connectivity index (χ0) is 13.2. The van der Waals surface area contributed by atoms with Crippen LogP contribution in [0.15, 0.2) is 23.3 Å². The molecule has 0 saturated heterocycles. The van der Waals surface area contributed by atoms with Gasteiger partial charge in [0.15, 0.2) is 0 Å². The van der Waals surface area contributed by atoms with Crippen LogP contribution < -0.4 is 5.73 Å². The Hall–Kier alpha value is -1.13. The molecule has 2 aliphatic carbocycles. The van der Waals surface area contributed by atoms with Crippen molar-refractivity contribution in [2.75, 3.05) is 14.2 Å². The van der Waals surface area contributed by atoms with Crippen molar-refractivity contribution >= 4 is 5.97 Å². The Morgan fingerprint density at radius 3 is 2.94 bits per heavy atom. The molecule has 2 rings (SSSR count). The molecule has 2 unspecified atom stereocenters. The molecule has 0 bridgehead atoms. The first-order chi connectivity index (χ1) is 8.59. The Morgan fingerprint density at radius 1 is 1.50 bits per heavy atom. The minimum Gasteiger partial charge on any atom is -0.468 e. The van der Waals surface area contributed by atoms with E-state index in [4.69, 9.17) is 15.2 Å². The predicted molar refractivity (Wildman–Crippen MR) is 69.0 cm³/mol. The maximum absolute atomic E-state index is 11.8. The second-order valence-corrected chi connectivity index (χ2v) is 5.14. The molecule has 0 heterocycles. The molecule has 100 valence electrons. The Kier molecular flexibility index (Phi) is 3.88. The minimum absolute atomic E-state index is 0.159. The molecule has 2 atom stereocenters. The van der Waals surface area contributed by atoms with E-state index in [2.05, 4.69) is 6.08 Å². The highest BCUT2D eigenvalue weighted by molar-refractivity contribution is 5.81. The molecule has 0 amide bonds. The summed E-state index contributed by atoms with van der Waals surface area (Å²) in [6.45, 7) is 0. The lowest BCUT2D eigenvalue weighted by Crippen LogP contribution is -2.48. The molecule has 0 radical (unpaired) electrons. The summed E-state index contributed by atoms with van der Waals surface area (Å²) in [5.41, 5.74) is 7.91. The Morgan fingerprint density at radius 2 is 2.28 bits per heavy atom. The fourth-order valence-corrected chi connectivity index (χ4v) is 2.81. The molecule has 0 aromatic carbocycles. The van der Waals surface area contributed by atoms with Gasteiger partial charge in [-0.25, -0.2) is 0 Å². The van der Waals surface area contributed by atoms with Crippen molar-refractivity contribution in [3.05, 3.63) is 23.3 Å². The molecule has 0 aliphatic heterocycles. The lowest BCUT2D eigenvalue weighted by Gasteiger charge is -2.26. The van der Waals surface area contributed by atoms with Gasteiger partial charge < -0.3 is 15.2 Å². The van der Waals surface area contributed by atoms with E-state index in [9.17, 15) is 4.79 Å². The van der Waals surface area contributed by atoms with Crippen molar-refractivity contribution in [1.29, 1.82) is 0 Å². The van der Waals surface area contributed by atoms with E-state index in [1.807, 2.05) is 6.08 Å². The van der Waals surface area contributed by atoms with Crippen LogP contribution in [0.4, 0.5) is 0 Å². The van der Waals surface area contributed by atoms with Crippen LogP contribution in [0.1, 0.15) is 32.1 Å². The number of carbonyl (C=O) groups is 1. The van der Waals surface area contributed by atoms with Crippen molar-refractivity contribution < 1.29 is 14.3 Å². The second-order valence-electron chi connectivity index (χ2n) is 5.14. The number of ether oxygens (including phenoxy) is 2. The third-order valence-corrected chi connectivity index (χ3v) is 3.92. The maximum atomic E-state index is 11.8. The highest BCUT2D eigenvalue weighted by Crippen LogP contribution is 2.35. The van der Waals surface area contributed by atoms with E-state index in [1.54, 1.807) is 7.11 Å². The number of nitrogens with two attached hydrogens (primary N) is 1. The zero-order valence-corrected chi connectivity index (χ0v) is 11.1. The monoisotopic (exact) mass is 251 g/mol. The molecule has 0 spiro atoms. The van der Waals surface area contributed by atoms with E-state index >= 15 is 0 Å². The number of allylic oxidation sites excluding steroid dienone is 1. The van der Waals surface area contributed by atoms with E-state index in [0.717, 1.165) is 19.3 Å². The Labute approximate surface area is 108 Å². The van der Waals surface area contributed by atoms with Gasteiger partial charge in [0.05, 0.1) is 13.2 Å². The quantitative estimate of drug-likeness (QED) is 0.759. The average molecular weight is 251 g/mol. The molecule has 18 heavy (non-hydrogen) atoms. The minimum atomic E-state index is -0.865. The van der Waals surface area contributed by atoms with Crippen molar-refractivity contribution in [1.82, 2.24) is 0 Å². The summed E-state index contributed by atoms with van der Waals surface area (Å²) in [4.78, 5) is 11.8. The molecule has 4 nitrogen and oxygen atoms in total. The van der Waals surface area contributed by atoms with E-state index < -0.39 is 5.54 Å². The molecular weight excluding hydrogens is 230 g/mol. The summed E-state index contributed by atoms with van der Waals surface area (Å²) >= 11 is 0. The average Bonchev–Trinajstić information content (AvgIpc) is 2.55. The number of esters is 1. The van der Waals surface area contributed by atoms with Crippen LogP contribution in [0.3, 0.4) is 0 Å². The third kappa shape index (κ3) is 2.49. The first-order valence-electron chi connectivity index (χ1n) is 6.38. The normalized spacial score (nSPS) is 31.8. The van der Waals surface area contributed by atoms with Crippen LogP contribution in [0.5, 0.6) is 0 Å². The van der Waals surface area contributed by atoms with Gasteiger partial charge in [-0.2, -0.15) is 0 Å². The van der Waals surface area contributed by atoms with Crippen LogP contribution in [-0.2, 0) is 14.3 Å². The van der Waals surface area contributed by atoms with Crippen molar-refractivity contribution in [2.24, 2.45) is 5.73 Å². The Bertz CT molecular complexity index is 400. The van der Waals surface area contributed by atoms with Gasteiger partial charge in [-0.05, 0) is 31.3 Å². The van der Waals surface area contributed by atoms with Gasteiger partial charge >= 0.3 is 5.97 Å². The molecule has 0 fully saturated rings. The van der Waals surface area contributed by atoms with Gasteiger partial charge in [0, 0.05) is 13.5 Å². The summed E-state index contributed by atoms with van der Waals surface area (Å²) in [6.07, 6.45) is 8.35. The van der Waals surface area contributed by atoms with Gasteiger partial charge in [-0.3, -0.25) is 4.79 Å². The summed E-state index contributed by atoms with van der Waals surface area (Å²) < 4.78 is 10.2. The van der Waals surface area contributed by atoms with Crippen LogP contribution >= 0.6 is 0 Å². The molecule has 2 N–H and O–H groups in total. The number of carbonyl (C=O) groups excluding carboxylic acids is 1. The number of hydrogen-bond acceptors (Lipinski definition) is 4. The lowest BCUT2D eigenvalue weighted by atomic mass is 9.86. The van der Waals surface area contributed by atoms with Crippen LogP contribution in [0, 0.1) is 0 Å². The van der Waals surface area contributed by atoms with Crippen LogP contribution in [0.2, 0.25) is 0 Å². The highest BCUT2D eigenvalue weighted by Gasteiger charge is 2.38. The van der Waals surface area contributed by atoms with Crippen molar-refractivity contribution in [3.63, 3.8) is 0 Å². The number of methoxy groups -OCH3 is 2. The first kappa shape index (κ1) is 13.3. The van der Waals surface area contributed by atoms with Crippen LogP contribution in [-0.4, -0.2) is 31.8 Å². The van der Waals surface area contributed by atoms with Crippen molar-refractivity contribution in [3.8, 4) is 0 Å². The third-order valence-electron chi connectivity index (χ3n) is 3.92. The fourth-order valence-electron chi connectivity index (χ4n) is 2.81. The lowest BCUT2D eigenvalue weighted by molar-refractivity contribution is -0.147. The maximum Gasteiger partial charge on any atom is 0.326 e. The summed E-state index contributed by atoms with van der Waals surface area (Å²) in [7, 11) is 3.12. The highest BCUT2D eigenvalue weighted by atomic mass is 16.5. The topological polar surface area (TPSA) is 61.5 Å². The van der Waals surface area contributed by atoms with Gasteiger partial charge in [0.25, 0.3) is 0 Å². The molecule has 0 aromatic rings. The van der Waals surface area contributed by atoms with Gasteiger partial charge in [0.2, 0.25) is 0 Å². The SMILES string of the molecule is COC(=O)C1(N)CCCC2=C(C=CC(OC)C2)C1. The van der Waals surface area contributed by atoms with Gasteiger partial charge in [-0.15, -0.1) is 0 Å². The molecule has 4 heteroatoms. The molecule has 0 saturated carbocycles. The van der Waals surface area contributed by atoms with Gasteiger partial charge in [-0.1, -0.05) is 17.7 Å². The smallest absolute Gasteiger partial charge is 0.326 e. The Balaban J connectivity index is 2.20. The molecule has 0 aromatic heterocycles. The second kappa shape index (κ2) is 5.24. The summed E-state index contributed by atoms with van der Waals surface area (Å²) in [5.74, 6) is -0.307. The standard InChI is InChI=1S/C14H21NO3/c1-17-12-6-5-11-9-14(15,13(16)18-2)7-3-4-10(11)8-12/h5-6,12H,3-4,7-9,15H2,1-2H3. The fraction of sp³-hybridized carbons (Fsp3) is 0.643. The number of hydrogen-bond donors (Lipinski definition) is 1. The molecule has 2 aliphatic rings. The van der Waals surface area contributed by atoms with E-state index in [1.165, 1.54) is 18.3 Å². The zero-order valence-electron chi connectivity index (χ0n) is 11.1.